The van der Waals surface area contributed by atoms with Crippen LogP contribution < -0.4 is 0 Å². The number of rotatable bonds is 8. The lowest BCUT2D eigenvalue weighted by atomic mass is 9.81. The maximum Gasteiger partial charge on any atom is 0.329 e. The Morgan fingerprint density at radius 1 is 0.932 bits per heavy atom. The number of ether oxygens (including phenoxy) is 5. The van der Waals surface area contributed by atoms with Gasteiger partial charge in [-0.05, 0) is 93.6 Å². The van der Waals surface area contributed by atoms with Gasteiger partial charge < -0.3 is 49.0 Å². The molecule has 3 fully saturated rings. The van der Waals surface area contributed by atoms with Crippen LogP contribution in [-0.4, -0.2) is 143 Å². The van der Waals surface area contributed by atoms with Crippen LogP contribution in [0.25, 0.3) is 0 Å². The van der Waals surface area contributed by atoms with Crippen molar-refractivity contribution in [3.63, 3.8) is 0 Å². The monoisotopic (exact) mass is 855 g/mol. The highest BCUT2D eigenvalue weighted by molar-refractivity contribution is 6.39. The number of halogens is 1. The van der Waals surface area contributed by atoms with Crippen molar-refractivity contribution in [2.45, 2.75) is 166 Å². The maximum absolute atomic E-state index is 14.3. The predicted octanol–water partition coefficient (Wildman–Crippen LogP) is 4.05. The molecule has 3 heterocycles. The van der Waals surface area contributed by atoms with Crippen LogP contribution in [0.4, 0.5) is 0 Å². The molecule has 0 aromatic rings. The topological polar surface area (TPSA) is 199 Å². The number of methoxy groups -OCH3 is 3. The van der Waals surface area contributed by atoms with E-state index in [1.807, 2.05) is 19.9 Å². The first-order chi connectivity index (χ1) is 27.9. The summed E-state index contributed by atoms with van der Waals surface area (Å²) in [4.78, 5) is 58.0. The molecule has 15 heteroatoms. The van der Waals surface area contributed by atoms with Gasteiger partial charge in [0.25, 0.3) is 11.7 Å². The first kappa shape index (κ1) is 49.4. The Hall–Kier alpha value is -2.27. The molecule has 14 nitrogen and oxygen atoms in total. The Balaban J connectivity index is 1.80. The number of fused-ring (bicyclic) bond motifs is 3. The standard InChI is InChI=1S/C44H70ClNO13/c1-24-15-25(2)17-37(56-7)40-38(57-8)19-27(4)44(54,59-40)41(51)42(52)46-14-10-9-11-32(46)43(53)58-39(26(3)18-29-12-13-33(48)36(20-29)55-6)28(5)34(49)22-35(50)30(16-24)21-31(47)23-45/h16,18,24-25,27-29,31-34,36-40,47-49,54H,9-15,17,19-23H2,1-8H3/b26-18?,30-16+. The van der Waals surface area contributed by atoms with Crippen molar-refractivity contribution >= 4 is 35.0 Å². The first-order valence-corrected chi connectivity index (χ1v) is 22.0. The van der Waals surface area contributed by atoms with Gasteiger partial charge in [-0.2, -0.15) is 0 Å². The molecule has 1 amide bonds. The molecule has 1 aliphatic carbocycles. The zero-order chi connectivity index (χ0) is 43.8. The van der Waals surface area contributed by atoms with Gasteiger partial charge in [-0.25, -0.2) is 4.79 Å². The Labute approximate surface area is 354 Å². The molecular formula is C44H70ClNO13. The highest BCUT2D eigenvalue weighted by Gasteiger charge is 2.56. The fourth-order valence-corrected chi connectivity index (χ4v) is 9.71. The molecule has 4 N–H and O–H groups in total. The molecule has 4 aliphatic rings. The van der Waals surface area contributed by atoms with Crippen LogP contribution in [0, 0.1) is 29.6 Å². The van der Waals surface area contributed by atoms with Gasteiger partial charge in [-0.1, -0.05) is 39.8 Å². The third-order valence-electron chi connectivity index (χ3n) is 13.1. The van der Waals surface area contributed by atoms with E-state index in [1.54, 1.807) is 34.0 Å². The molecule has 2 saturated heterocycles. The summed E-state index contributed by atoms with van der Waals surface area (Å²) >= 11 is 5.99. The van der Waals surface area contributed by atoms with Gasteiger partial charge in [-0.3, -0.25) is 14.4 Å². The molecule has 0 spiro atoms. The predicted molar refractivity (Wildman–Crippen MR) is 219 cm³/mol. The number of aliphatic hydroxyl groups is 4. The summed E-state index contributed by atoms with van der Waals surface area (Å²) in [7, 11) is 4.56. The number of amides is 1. The minimum absolute atomic E-state index is 0.0177. The molecule has 3 aliphatic heterocycles. The highest BCUT2D eigenvalue weighted by Crippen LogP contribution is 2.39. The van der Waals surface area contributed by atoms with E-state index < -0.39 is 84.1 Å². The van der Waals surface area contributed by atoms with Gasteiger partial charge in [0.15, 0.2) is 5.78 Å². The van der Waals surface area contributed by atoms with Crippen LogP contribution in [0.3, 0.4) is 0 Å². The molecule has 0 aromatic carbocycles. The van der Waals surface area contributed by atoms with Crippen molar-refractivity contribution in [2.75, 3.05) is 33.8 Å². The van der Waals surface area contributed by atoms with Gasteiger partial charge >= 0.3 is 5.97 Å². The number of esters is 1. The molecule has 2 bridgehead atoms. The van der Waals surface area contributed by atoms with E-state index in [4.69, 9.17) is 35.3 Å². The number of carbonyl (C=O) groups is 4. The van der Waals surface area contributed by atoms with Crippen LogP contribution in [0.15, 0.2) is 23.3 Å². The minimum atomic E-state index is -2.54. The molecule has 336 valence electrons. The van der Waals surface area contributed by atoms with Gasteiger partial charge in [0.1, 0.15) is 18.2 Å². The minimum Gasteiger partial charge on any atom is -0.456 e. The number of hydrogen-bond donors (Lipinski definition) is 4. The van der Waals surface area contributed by atoms with Gasteiger partial charge in [0, 0.05) is 58.4 Å². The van der Waals surface area contributed by atoms with Crippen molar-refractivity contribution in [3.05, 3.63) is 23.3 Å². The fraction of sp³-hybridized carbons (Fsp3) is 0.818. The Kier molecular flexibility index (Phi) is 18.6. The number of allylic oxidation sites excluding steroid dienone is 2. The second kappa shape index (κ2) is 22.2. The first-order valence-electron chi connectivity index (χ1n) is 21.5. The molecule has 59 heavy (non-hydrogen) atoms. The molecule has 15 atom stereocenters. The zero-order valence-electron chi connectivity index (χ0n) is 36.2. The number of hydrogen-bond acceptors (Lipinski definition) is 13. The molecule has 0 radical (unpaired) electrons. The van der Waals surface area contributed by atoms with E-state index in [9.17, 15) is 39.6 Å². The zero-order valence-corrected chi connectivity index (χ0v) is 37.0. The number of aliphatic hydroxyl groups excluding tert-OH is 3. The van der Waals surface area contributed by atoms with Crippen LogP contribution >= 0.6 is 11.6 Å². The average molecular weight is 856 g/mol. The van der Waals surface area contributed by atoms with Crippen molar-refractivity contribution in [1.29, 1.82) is 0 Å². The number of cyclic esters (lactones) is 1. The number of ketones is 2. The lowest BCUT2D eigenvalue weighted by Gasteiger charge is -2.47. The van der Waals surface area contributed by atoms with E-state index in [0.29, 0.717) is 56.1 Å². The quantitative estimate of drug-likeness (QED) is 0.118. The van der Waals surface area contributed by atoms with Gasteiger partial charge in [0.2, 0.25) is 5.79 Å². The Morgan fingerprint density at radius 3 is 2.24 bits per heavy atom. The number of nitrogens with zero attached hydrogens (tertiary/aromatic N) is 1. The molecule has 1 saturated carbocycles. The number of alkyl halides is 1. The van der Waals surface area contributed by atoms with Crippen LogP contribution in [-0.2, 0) is 42.9 Å². The van der Waals surface area contributed by atoms with Crippen LogP contribution in [0.5, 0.6) is 0 Å². The fourth-order valence-electron chi connectivity index (χ4n) is 9.60. The third-order valence-corrected chi connectivity index (χ3v) is 13.5. The Morgan fingerprint density at radius 2 is 1.59 bits per heavy atom. The SMILES string of the molecule is COC1CC(C=C(C)C2OC(=O)C3CCCCN3C(=O)C(=O)C3(O)OC(C(OC)CC(C)CC(C)/C=C(\CC(O)CCl)C(=O)CC(O)C2C)C(OC)CC3C)CCC1O. The lowest BCUT2D eigenvalue weighted by Crippen LogP contribution is -2.64. The van der Waals surface area contributed by atoms with Crippen LogP contribution in [0.2, 0.25) is 0 Å². The normalized spacial score (nSPS) is 40.6. The number of piperidine rings is 1. The van der Waals surface area contributed by atoms with Crippen LogP contribution in [0.1, 0.15) is 105 Å². The average Bonchev–Trinajstić information content (AvgIpc) is 3.21. The largest absolute Gasteiger partial charge is 0.456 e. The summed E-state index contributed by atoms with van der Waals surface area (Å²) < 4.78 is 29.7. The summed E-state index contributed by atoms with van der Waals surface area (Å²) in [6.07, 6.45) is 1.02. The van der Waals surface area contributed by atoms with Crippen molar-refractivity contribution in [1.82, 2.24) is 4.90 Å². The smallest absolute Gasteiger partial charge is 0.329 e. The van der Waals surface area contributed by atoms with Gasteiger partial charge in [0.05, 0.1) is 36.6 Å². The van der Waals surface area contributed by atoms with E-state index in [2.05, 4.69) is 0 Å². The van der Waals surface area contributed by atoms with Gasteiger partial charge in [-0.15, -0.1) is 11.6 Å². The Bertz CT molecular complexity index is 1510. The lowest BCUT2D eigenvalue weighted by molar-refractivity contribution is -0.302. The summed E-state index contributed by atoms with van der Waals surface area (Å²) in [5.41, 5.74) is 0.937. The molecule has 0 aromatic heterocycles. The summed E-state index contributed by atoms with van der Waals surface area (Å²) in [6, 6.07) is -1.18. The molecule has 4 rings (SSSR count). The van der Waals surface area contributed by atoms with Crippen molar-refractivity contribution in [2.24, 2.45) is 29.6 Å². The second-order valence-electron chi connectivity index (χ2n) is 17.8. The maximum atomic E-state index is 14.3. The van der Waals surface area contributed by atoms with Crippen molar-refractivity contribution in [3.8, 4) is 0 Å². The third kappa shape index (κ3) is 12.2. The summed E-state index contributed by atoms with van der Waals surface area (Å²) in [5, 5.41) is 44.8. The van der Waals surface area contributed by atoms with E-state index in [0.717, 1.165) is 4.90 Å². The summed E-state index contributed by atoms with van der Waals surface area (Å²) in [5.74, 6) is -7.97. The van der Waals surface area contributed by atoms with E-state index in [1.165, 1.54) is 14.2 Å². The van der Waals surface area contributed by atoms with E-state index in [-0.39, 0.29) is 67.7 Å². The summed E-state index contributed by atoms with van der Waals surface area (Å²) in [6.45, 7) is 9.10. The number of carbonyl (C=O) groups excluding carboxylic acids is 4. The highest BCUT2D eigenvalue weighted by atomic mass is 35.5. The van der Waals surface area contributed by atoms with E-state index >= 15 is 0 Å². The molecular weight excluding hydrogens is 786 g/mol. The second-order valence-corrected chi connectivity index (χ2v) is 18.1. The van der Waals surface area contributed by atoms with Crippen molar-refractivity contribution < 1.29 is 63.3 Å². The number of Topliss-reactive ketones (excluding diaryl/α,β-unsaturated/α-hetero) is 2. The molecule has 15 unspecified atom stereocenters.